The van der Waals surface area contributed by atoms with Crippen LogP contribution in [0.2, 0.25) is 0 Å². The number of carbonyl (C=O) groups excluding carboxylic acids is 2. The molecule has 132 valence electrons. The quantitative estimate of drug-likeness (QED) is 0.799. The summed E-state index contributed by atoms with van der Waals surface area (Å²) in [5.74, 6) is -0.323. The van der Waals surface area contributed by atoms with Crippen LogP contribution in [0.3, 0.4) is 0 Å². The number of carbonyl (C=O) groups is 2. The van der Waals surface area contributed by atoms with Gasteiger partial charge in [-0.15, -0.1) is 0 Å². The molecule has 1 atom stereocenters. The van der Waals surface area contributed by atoms with Gasteiger partial charge >= 0.3 is 0 Å². The van der Waals surface area contributed by atoms with Gasteiger partial charge < -0.3 is 15.5 Å². The monoisotopic (exact) mass is 405 g/mol. The molecule has 1 unspecified atom stereocenters. The molecule has 1 aliphatic rings. The van der Waals surface area contributed by atoms with Crippen molar-refractivity contribution in [3.05, 3.63) is 51.9 Å². The van der Waals surface area contributed by atoms with Crippen molar-refractivity contribution in [1.29, 1.82) is 0 Å². The highest BCUT2D eigenvalue weighted by atomic mass is 79.9. The minimum atomic E-state index is -0.302. The molecule has 0 saturated carbocycles. The van der Waals surface area contributed by atoms with Gasteiger partial charge in [0.05, 0.1) is 6.04 Å². The third-order valence-electron chi connectivity index (χ3n) is 4.43. The number of halogens is 1. The molecule has 2 amide bonds. The van der Waals surface area contributed by atoms with E-state index in [0.717, 1.165) is 30.5 Å². The van der Waals surface area contributed by atoms with Crippen molar-refractivity contribution in [3.8, 4) is 0 Å². The predicted molar refractivity (Wildman–Crippen MR) is 98.2 cm³/mol. The number of furan rings is 1. The Labute approximate surface area is 154 Å². The van der Waals surface area contributed by atoms with Crippen LogP contribution in [-0.4, -0.2) is 29.3 Å². The van der Waals surface area contributed by atoms with Crippen LogP contribution >= 0.6 is 15.9 Å². The number of likely N-dealkylation sites (tertiary alicyclic amines) is 1. The second-order valence-electron chi connectivity index (χ2n) is 6.20. The number of anilines is 1. The molecule has 25 heavy (non-hydrogen) atoms. The van der Waals surface area contributed by atoms with Crippen LogP contribution in [0.5, 0.6) is 0 Å². The summed E-state index contributed by atoms with van der Waals surface area (Å²) in [5.41, 5.74) is 7.89. The number of hydrogen-bond donors (Lipinski definition) is 2. The first kappa shape index (κ1) is 17.7. The zero-order valence-electron chi connectivity index (χ0n) is 13.9. The highest BCUT2D eigenvalue weighted by Crippen LogP contribution is 2.25. The van der Waals surface area contributed by atoms with E-state index in [1.165, 1.54) is 0 Å². The van der Waals surface area contributed by atoms with Crippen molar-refractivity contribution in [1.82, 2.24) is 4.90 Å². The number of aryl methyl sites for hydroxylation is 1. The van der Waals surface area contributed by atoms with Crippen LogP contribution < -0.4 is 11.1 Å². The first-order chi connectivity index (χ1) is 12.0. The van der Waals surface area contributed by atoms with E-state index in [2.05, 4.69) is 26.1 Å². The highest BCUT2D eigenvalue weighted by molar-refractivity contribution is 9.10. The molecule has 6 nitrogen and oxygen atoms in total. The van der Waals surface area contributed by atoms with Gasteiger partial charge in [0.25, 0.3) is 5.91 Å². The summed E-state index contributed by atoms with van der Waals surface area (Å²) in [7, 11) is 0. The average Bonchev–Trinajstić information content (AvgIpc) is 3.15. The van der Waals surface area contributed by atoms with E-state index < -0.39 is 0 Å². The van der Waals surface area contributed by atoms with Crippen LogP contribution in [0, 0.1) is 6.92 Å². The molecule has 2 heterocycles. The second kappa shape index (κ2) is 7.41. The summed E-state index contributed by atoms with van der Waals surface area (Å²) < 4.78 is 5.92. The Bertz CT molecular complexity index is 803. The maximum Gasteiger partial charge on any atom is 0.291 e. The smallest absolute Gasteiger partial charge is 0.291 e. The van der Waals surface area contributed by atoms with Crippen LogP contribution in [0.1, 0.15) is 34.5 Å². The van der Waals surface area contributed by atoms with E-state index >= 15 is 0 Å². The average molecular weight is 406 g/mol. The molecule has 7 heteroatoms. The van der Waals surface area contributed by atoms with Gasteiger partial charge in [-0.2, -0.15) is 0 Å². The van der Waals surface area contributed by atoms with Gasteiger partial charge in [-0.1, -0.05) is 18.2 Å². The molecule has 1 fully saturated rings. The van der Waals surface area contributed by atoms with Crippen molar-refractivity contribution in [2.24, 2.45) is 5.73 Å². The van der Waals surface area contributed by atoms with E-state index in [-0.39, 0.29) is 23.6 Å². The molecule has 1 aromatic heterocycles. The van der Waals surface area contributed by atoms with Crippen molar-refractivity contribution >= 4 is 33.4 Å². The van der Waals surface area contributed by atoms with Gasteiger partial charge in [0.1, 0.15) is 0 Å². The third-order valence-corrected chi connectivity index (χ3v) is 4.82. The first-order valence-corrected chi connectivity index (χ1v) is 8.93. The maximum atomic E-state index is 12.5. The zero-order chi connectivity index (χ0) is 18.0. The molecule has 2 aromatic rings. The standard InChI is InChI=1S/C18H20BrN3O3/c1-11-9-15(19)25-16(11)18(24)21-13-6-3-2-5-12(13)10-22-8-4-7-14(22)17(20)23/h2-3,5-6,9,14H,4,7-8,10H2,1H3,(H2,20,23)(H,21,24). The third kappa shape index (κ3) is 3.93. The Hall–Kier alpha value is -2.12. The summed E-state index contributed by atoms with van der Waals surface area (Å²) in [6.45, 7) is 3.20. The SMILES string of the molecule is Cc1cc(Br)oc1C(=O)Nc1ccccc1CN1CCCC1C(N)=O. The van der Waals surface area contributed by atoms with Gasteiger partial charge in [0.2, 0.25) is 5.91 Å². The molecular weight excluding hydrogens is 386 g/mol. The van der Waals surface area contributed by atoms with E-state index in [4.69, 9.17) is 10.2 Å². The maximum absolute atomic E-state index is 12.5. The Morgan fingerprint density at radius 2 is 2.16 bits per heavy atom. The van der Waals surface area contributed by atoms with Gasteiger partial charge in [0, 0.05) is 17.8 Å². The molecule has 3 N–H and O–H groups in total. The van der Waals surface area contributed by atoms with Crippen molar-refractivity contribution in [2.45, 2.75) is 32.4 Å². The number of rotatable bonds is 5. The van der Waals surface area contributed by atoms with Crippen molar-refractivity contribution in [3.63, 3.8) is 0 Å². The van der Waals surface area contributed by atoms with Crippen molar-refractivity contribution in [2.75, 3.05) is 11.9 Å². The molecule has 1 aromatic carbocycles. The fourth-order valence-corrected chi connectivity index (χ4v) is 3.69. The topological polar surface area (TPSA) is 88.6 Å². The minimum Gasteiger partial charge on any atom is -0.444 e. The second-order valence-corrected chi connectivity index (χ2v) is 6.99. The number of primary amides is 1. The van der Waals surface area contributed by atoms with Crippen molar-refractivity contribution < 1.29 is 14.0 Å². The highest BCUT2D eigenvalue weighted by Gasteiger charge is 2.29. The number of nitrogens with zero attached hydrogens (tertiary/aromatic N) is 1. The summed E-state index contributed by atoms with van der Waals surface area (Å²) in [6, 6.07) is 9.07. The fourth-order valence-electron chi connectivity index (χ4n) is 3.18. The molecule has 0 radical (unpaired) electrons. The van der Waals surface area contributed by atoms with E-state index in [1.54, 1.807) is 6.07 Å². The number of nitrogens with two attached hydrogens (primary N) is 1. The Balaban J connectivity index is 1.78. The molecule has 3 rings (SSSR count). The minimum absolute atomic E-state index is 0.243. The number of para-hydroxylation sites is 1. The lowest BCUT2D eigenvalue weighted by Crippen LogP contribution is -2.39. The molecule has 0 spiro atoms. The van der Waals surface area contributed by atoms with Gasteiger partial charge in [-0.05, 0) is 59.9 Å². The largest absolute Gasteiger partial charge is 0.444 e. The van der Waals surface area contributed by atoms with Gasteiger partial charge in [-0.25, -0.2) is 0 Å². The Kier molecular flexibility index (Phi) is 5.24. The van der Waals surface area contributed by atoms with E-state index in [9.17, 15) is 9.59 Å². The van der Waals surface area contributed by atoms with Crippen LogP contribution in [0.15, 0.2) is 39.4 Å². The first-order valence-electron chi connectivity index (χ1n) is 8.14. The summed E-state index contributed by atoms with van der Waals surface area (Å²) in [4.78, 5) is 26.1. The predicted octanol–water partition coefficient (Wildman–Crippen LogP) is 3.05. The summed E-state index contributed by atoms with van der Waals surface area (Å²) >= 11 is 3.23. The lowest BCUT2D eigenvalue weighted by Gasteiger charge is -2.23. The normalized spacial score (nSPS) is 17.6. The Morgan fingerprint density at radius 3 is 2.84 bits per heavy atom. The molecule has 0 aliphatic carbocycles. The molecule has 0 bridgehead atoms. The van der Waals surface area contributed by atoms with Gasteiger partial charge in [0.15, 0.2) is 10.4 Å². The van der Waals surface area contributed by atoms with E-state index in [1.807, 2.05) is 31.2 Å². The lowest BCUT2D eigenvalue weighted by molar-refractivity contribution is -0.122. The van der Waals surface area contributed by atoms with Crippen LogP contribution in [0.25, 0.3) is 0 Å². The number of nitrogens with one attached hydrogen (secondary N) is 1. The van der Waals surface area contributed by atoms with Gasteiger partial charge in [-0.3, -0.25) is 14.5 Å². The zero-order valence-corrected chi connectivity index (χ0v) is 15.5. The van der Waals surface area contributed by atoms with E-state index in [0.29, 0.717) is 16.9 Å². The lowest BCUT2D eigenvalue weighted by atomic mass is 10.1. The fraction of sp³-hybridized carbons (Fsp3) is 0.333. The number of hydrogen-bond acceptors (Lipinski definition) is 4. The molecule has 1 aliphatic heterocycles. The number of amides is 2. The molecular formula is C18H20BrN3O3. The van der Waals surface area contributed by atoms with Crippen LogP contribution in [-0.2, 0) is 11.3 Å². The Morgan fingerprint density at radius 1 is 1.40 bits per heavy atom. The molecule has 1 saturated heterocycles. The number of benzene rings is 1. The summed E-state index contributed by atoms with van der Waals surface area (Å²) in [5, 5.41) is 2.90. The summed E-state index contributed by atoms with van der Waals surface area (Å²) in [6.07, 6.45) is 1.73. The van der Waals surface area contributed by atoms with Crippen LogP contribution in [0.4, 0.5) is 5.69 Å².